The van der Waals surface area contributed by atoms with E-state index in [0.29, 0.717) is 14.9 Å². The highest BCUT2D eigenvalue weighted by Gasteiger charge is 2.10. The smallest absolute Gasteiger partial charge is 0.204 e. The van der Waals surface area contributed by atoms with Crippen LogP contribution in [0.25, 0.3) is 22.2 Å². The Morgan fingerprint density at radius 3 is 2.42 bits per heavy atom. The largest absolute Gasteiger partial charge is 0.353 e. The normalized spacial score (nSPS) is 10.8. The lowest BCUT2D eigenvalue weighted by Crippen LogP contribution is -2.06. The van der Waals surface area contributed by atoms with Crippen molar-refractivity contribution in [3.05, 3.63) is 68.2 Å². The zero-order valence-corrected chi connectivity index (χ0v) is 12.1. The third-order valence-electron chi connectivity index (χ3n) is 2.98. The fourth-order valence-corrected chi connectivity index (χ4v) is 2.69. The number of fused-ring (bicyclic) bond motifs is 1. The van der Waals surface area contributed by atoms with Gasteiger partial charge in [0.2, 0.25) is 5.43 Å². The molecule has 0 aliphatic rings. The van der Waals surface area contributed by atoms with Gasteiger partial charge in [0.1, 0.15) is 0 Å². The highest BCUT2D eigenvalue weighted by molar-refractivity contribution is 9.10. The van der Waals surface area contributed by atoms with E-state index >= 15 is 0 Å². The summed E-state index contributed by atoms with van der Waals surface area (Å²) < 4.78 is 0.536. The minimum absolute atomic E-state index is 0.0145. The van der Waals surface area contributed by atoms with Gasteiger partial charge in [-0.3, -0.25) is 4.79 Å². The number of aromatic nitrogens is 1. The molecule has 0 aliphatic heterocycles. The number of aromatic amines is 1. The molecular weight excluding hydrogens is 326 g/mol. The summed E-state index contributed by atoms with van der Waals surface area (Å²) in [6.07, 6.45) is 0. The molecule has 3 aromatic rings. The maximum Gasteiger partial charge on any atom is 0.204 e. The minimum atomic E-state index is -0.0145. The second-order valence-corrected chi connectivity index (χ2v) is 5.43. The van der Waals surface area contributed by atoms with Crippen molar-refractivity contribution in [1.29, 1.82) is 0 Å². The Morgan fingerprint density at radius 2 is 1.68 bits per heavy atom. The van der Waals surface area contributed by atoms with Gasteiger partial charge in [-0.05, 0) is 45.8 Å². The van der Waals surface area contributed by atoms with Gasteiger partial charge >= 0.3 is 0 Å². The molecule has 1 aromatic heterocycles. The van der Waals surface area contributed by atoms with E-state index < -0.39 is 0 Å². The van der Waals surface area contributed by atoms with Crippen LogP contribution in [0, 0.1) is 0 Å². The third kappa shape index (κ3) is 2.20. The first-order valence-corrected chi connectivity index (χ1v) is 6.90. The number of hydrogen-bond donors (Lipinski definition) is 1. The molecule has 0 radical (unpaired) electrons. The van der Waals surface area contributed by atoms with Gasteiger partial charge in [-0.2, -0.15) is 0 Å². The van der Waals surface area contributed by atoms with Crippen LogP contribution < -0.4 is 5.43 Å². The monoisotopic (exact) mass is 333 g/mol. The first kappa shape index (κ1) is 12.5. The summed E-state index contributed by atoms with van der Waals surface area (Å²) in [4.78, 5) is 15.6. The topological polar surface area (TPSA) is 32.9 Å². The maximum atomic E-state index is 12.3. The SMILES string of the molecule is O=c1c(Br)c(-c2ccc(Cl)cc2)[nH]c2ccccc12. The van der Waals surface area contributed by atoms with E-state index in [-0.39, 0.29) is 5.43 Å². The molecule has 0 bridgehead atoms. The van der Waals surface area contributed by atoms with Crippen molar-refractivity contribution in [2.75, 3.05) is 0 Å². The van der Waals surface area contributed by atoms with Crippen molar-refractivity contribution in [3.8, 4) is 11.3 Å². The fraction of sp³-hybridized carbons (Fsp3) is 0. The predicted molar refractivity (Wildman–Crippen MR) is 82.7 cm³/mol. The van der Waals surface area contributed by atoms with Crippen LogP contribution in [-0.4, -0.2) is 4.98 Å². The van der Waals surface area contributed by atoms with Crippen molar-refractivity contribution >= 4 is 38.4 Å². The van der Waals surface area contributed by atoms with Gasteiger partial charge < -0.3 is 4.98 Å². The molecule has 1 N–H and O–H groups in total. The van der Waals surface area contributed by atoms with Gasteiger partial charge in [0.05, 0.1) is 10.2 Å². The molecule has 1 heterocycles. The zero-order valence-electron chi connectivity index (χ0n) is 9.78. The van der Waals surface area contributed by atoms with Gasteiger partial charge in [0, 0.05) is 15.9 Å². The van der Waals surface area contributed by atoms with E-state index in [0.717, 1.165) is 16.8 Å². The molecule has 0 aliphatic carbocycles. The maximum absolute atomic E-state index is 12.3. The fourth-order valence-electron chi connectivity index (χ4n) is 2.03. The number of benzene rings is 2. The zero-order chi connectivity index (χ0) is 13.4. The summed E-state index contributed by atoms with van der Waals surface area (Å²) in [7, 11) is 0. The Labute approximate surface area is 123 Å². The lowest BCUT2D eigenvalue weighted by atomic mass is 10.1. The summed E-state index contributed by atoms with van der Waals surface area (Å²) in [6.45, 7) is 0. The Bertz CT molecular complexity index is 808. The average molecular weight is 335 g/mol. The third-order valence-corrected chi connectivity index (χ3v) is 3.99. The van der Waals surface area contributed by atoms with E-state index in [1.54, 1.807) is 12.1 Å². The van der Waals surface area contributed by atoms with Crippen LogP contribution in [0.3, 0.4) is 0 Å². The molecule has 19 heavy (non-hydrogen) atoms. The summed E-state index contributed by atoms with van der Waals surface area (Å²) in [6, 6.07) is 14.8. The van der Waals surface area contributed by atoms with Crippen molar-refractivity contribution in [2.45, 2.75) is 0 Å². The molecule has 0 saturated carbocycles. The molecule has 0 amide bonds. The summed E-state index contributed by atoms with van der Waals surface area (Å²) in [5, 5.41) is 1.34. The highest BCUT2D eigenvalue weighted by Crippen LogP contribution is 2.27. The quantitative estimate of drug-likeness (QED) is 0.692. The van der Waals surface area contributed by atoms with Crippen molar-refractivity contribution in [3.63, 3.8) is 0 Å². The molecule has 4 heteroatoms. The lowest BCUT2D eigenvalue weighted by molar-refractivity contribution is 1.35. The second-order valence-electron chi connectivity index (χ2n) is 4.20. The molecule has 0 fully saturated rings. The van der Waals surface area contributed by atoms with E-state index in [2.05, 4.69) is 20.9 Å². The minimum Gasteiger partial charge on any atom is -0.353 e. The molecule has 0 spiro atoms. The van der Waals surface area contributed by atoms with E-state index in [1.807, 2.05) is 36.4 Å². The summed E-state index contributed by atoms with van der Waals surface area (Å²) >= 11 is 9.26. The lowest BCUT2D eigenvalue weighted by Gasteiger charge is -2.07. The van der Waals surface area contributed by atoms with Crippen molar-refractivity contribution in [1.82, 2.24) is 4.98 Å². The van der Waals surface area contributed by atoms with Gasteiger partial charge in [0.25, 0.3) is 0 Å². The number of nitrogens with one attached hydrogen (secondary N) is 1. The van der Waals surface area contributed by atoms with Crippen LogP contribution >= 0.6 is 27.5 Å². The van der Waals surface area contributed by atoms with E-state index in [1.165, 1.54) is 0 Å². The Balaban J connectivity index is 2.33. The number of pyridine rings is 1. The Hall–Kier alpha value is -1.58. The number of H-pyrrole nitrogens is 1. The van der Waals surface area contributed by atoms with E-state index in [4.69, 9.17) is 11.6 Å². The van der Waals surface area contributed by atoms with Crippen LogP contribution in [0.2, 0.25) is 5.02 Å². The van der Waals surface area contributed by atoms with Gasteiger partial charge in [-0.15, -0.1) is 0 Å². The van der Waals surface area contributed by atoms with Crippen LogP contribution in [0.5, 0.6) is 0 Å². The molecular formula is C15H9BrClNO. The summed E-state index contributed by atoms with van der Waals surface area (Å²) in [5.41, 5.74) is 2.49. The van der Waals surface area contributed by atoms with Crippen molar-refractivity contribution < 1.29 is 0 Å². The number of hydrogen-bond acceptors (Lipinski definition) is 1. The molecule has 2 aromatic carbocycles. The van der Waals surface area contributed by atoms with Gasteiger partial charge in [-0.1, -0.05) is 35.9 Å². The number of rotatable bonds is 1. The van der Waals surface area contributed by atoms with Crippen LogP contribution in [0.15, 0.2) is 57.8 Å². The molecule has 0 atom stereocenters. The Morgan fingerprint density at radius 1 is 1.00 bits per heavy atom. The molecule has 0 unspecified atom stereocenters. The highest BCUT2D eigenvalue weighted by atomic mass is 79.9. The van der Waals surface area contributed by atoms with Crippen LogP contribution in [0.1, 0.15) is 0 Å². The first-order valence-electron chi connectivity index (χ1n) is 5.73. The standard InChI is InChI=1S/C15H9BrClNO/c16-13-14(9-5-7-10(17)8-6-9)18-12-4-2-1-3-11(12)15(13)19/h1-8H,(H,18,19). The van der Waals surface area contributed by atoms with E-state index in [9.17, 15) is 4.79 Å². The average Bonchev–Trinajstić information content (AvgIpc) is 2.44. The molecule has 2 nitrogen and oxygen atoms in total. The second kappa shape index (κ2) is 4.83. The molecule has 94 valence electrons. The first-order chi connectivity index (χ1) is 9.16. The molecule has 3 rings (SSSR count). The van der Waals surface area contributed by atoms with Crippen LogP contribution in [0.4, 0.5) is 0 Å². The number of para-hydroxylation sites is 1. The van der Waals surface area contributed by atoms with Gasteiger partial charge in [-0.25, -0.2) is 0 Å². The Kier molecular flexibility index (Phi) is 3.17. The summed E-state index contributed by atoms with van der Waals surface area (Å²) in [5.74, 6) is 0. The van der Waals surface area contributed by atoms with Crippen LogP contribution in [-0.2, 0) is 0 Å². The van der Waals surface area contributed by atoms with Crippen molar-refractivity contribution in [2.24, 2.45) is 0 Å². The molecule has 0 saturated heterocycles. The van der Waals surface area contributed by atoms with Gasteiger partial charge in [0.15, 0.2) is 0 Å². The predicted octanol–water partition coefficient (Wildman–Crippen LogP) is 4.61. The number of halogens is 2.